The molecule has 26 heavy (non-hydrogen) atoms. The van der Waals surface area contributed by atoms with E-state index in [0.29, 0.717) is 6.04 Å². The average molecular weight is 370 g/mol. The van der Waals surface area contributed by atoms with Gasteiger partial charge in [-0.25, -0.2) is 0 Å². The van der Waals surface area contributed by atoms with Crippen LogP contribution in [0.3, 0.4) is 0 Å². The van der Waals surface area contributed by atoms with Crippen LogP contribution >= 0.6 is 0 Å². The Morgan fingerprint density at radius 3 is 2.27 bits per heavy atom. The van der Waals surface area contributed by atoms with Gasteiger partial charge < -0.3 is 9.47 Å². The van der Waals surface area contributed by atoms with Crippen LogP contribution in [0.4, 0.5) is 0 Å². The average Bonchev–Trinajstić information content (AvgIpc) is 2.59. The van der Waals surface area contributed by atoms with E-state index in [9.17, 15) is 0 Å². The van der Waals surface area contributed by atoms with Gasteiger partial charge in [0.25, 0.3) is 0 Å². The zero-order valence-corrected chi connectivity index (χ0v) is 18.0. The smallest absolute Gasteiger partial charge is 0.161 e. The topological polar surface area (TPSA) is 21.7 Å². The van der Waals surface area contributed by atoms with E-state index >= 15 is 0 Å². The van der Waals surface area contributed by atoms with Gasteiger partial charge in [0.15, 0.2) is 11.5 Å². The second kappa shape index (κ2) is 9.17. The number of nitrogens with zero attached hydrogens (tertiary/aromatic N) is 1. The van der Waals surface area contributed by atoms with Crippen LogP contribution in [-0.4, -0.2) is 39.8 Å². The first-order valence-corrected chi connectivity index (χ1v) is 12.8. The van der Waals surface area contributed by atoms with Gasteiger partial charge in [0.1, 0.15) is 8.07 Å². The predicted octanol–water partition coefficient (Wildman–Crippen LogP) is 4.11. The number of hydrogen-bond donors (Lipinski definition) is 0. The molecule has 0 saturated carbocycles. The van der Waals surface area contributed by atoms with Gasteiger partial charge in [0.2, 0.25) is 0 Å². The first-order chi connectivity index (χ1) is 12.4. The molecule has 0 aliphatic carbocycles. The van der Waals surface area contributed by atoms with Crippen LogP contribution in [0.5, 0.6) is 11.5 Å². The van der Waals surface area contributed by atoms with Crippen LogP contribution < -0.4 is 9.47 Å². The van der Waals surface area contributed by atoms with E-state index in [1.165, 1.54) is 11.1 Å². The van der Waals surface area contributed by atoms with Gasteiger partial charge in [-0.15, -0.1) is 17.4 Å². The number of hydrogen-bond acceptors (Lipinski definition) is 3. The maximum Gasteiger partial charge on any atom is 0.161 e. The minimum atomic E-state index is -1.34. The molecule has 0 aromatic heterocycles. The molecule has 3 nitrogen and oxygen atoms in total. The lowest BCUT2D eigenvalue weighted by Crippen LogP contribution is -2.40. The standard InChI is InChI=1S/C22H31NO2Si/c1-7-8-9-12-23-17-19-16-22(25-3)21(24-2)15-18(19)14-20(23)11-10-13-26(4,5)6/h15-16,20H,7,11-12,14,17H2,1-6H3. The van der Waals surface area contributed by atoms with Crippen LogP contribution in [0.2, 0.25) is 19.6 Å². The maximum atomic E-state index is 5.49. The van der Waals surface area contributed by atoms with Crippen molar-refractivity contribution in [1.29, 1.82) is 0 Å². The van der Waals surface area contributed by atoms with Crippen molar-refractivity contribution in [2.45, 2.75) is 58.4 Å². The Balaban J connectivity index is 2.28. The van der Waals surface area contributed by atoms with Crippen molar-refractivity contribution in [2.24, 2.45) is 0 Å². The zero-order valence-electron chi connectivity index (χ0n) is 17.0. The molecule has 0 fully saturated rings. The number of methoxy groups -OCH3 is 2. The molecule has 1 heterocycles. The van der Waals surface area contributed by atoms with Crippen molar-refractivity contribution in [1.82, 2.24) is 4.90 Å². The summed E-state index contributed by atoms with van der Waals surface area (Å²) >= 11 is 0. The first kappa shape index (κ1) is 20.4. The van der Waals surface area contributed by atoms with Crippen LogP contribution in [0.1, 0.15) is 30.9 Å². The Kier molecular flexibility index (Phi) is 7.20. The normalized spacial score (nSPS) is 16.6. The van der Waals surface area contributed by atoms with Gasteiger partial charge in [0, 0.05) is 25.4 Å². The van der Waals surface area contributed by atoms with E-state index in [-0.39, 0.29) is 0 Å². The number of ether oxygens (including phenoxy) is 2. The van der Waals surface area contributed by atoms with Gasteiger partial charge in [-0.3, -0.25) is 4.90 Å². The van der Waals surface area contributed by atoms with E-state index in [1.807, 2.05) is 0 Å². The lowest BCUT2D eigenvalue weighted by molar-refractivity contribution is 0.196. The highest BCUT2D eigenvalue weighted by molar-refractivity contribution is 6.83. The fourth-order valence-electron chi connectivity index (χ4n) is 3.13. The third-order valence-electron chi connectivity index (χ3n) is 4.44. The summed E-state index contributed by atoms with van der Waals surface area (Å²) in [5.41, 5.74) is 6.14. The molecule has 0 spiro atoms. The van der Waals surface area contributed by atoms with Crippen LogP contribution in [0.15, 0.2) is 12.1 Å². The minimum Gasteiger partial charge on any atom is -0.493 e. The Bertz CT molecular complexity index is 744. The number of fused-ring (bicyclic) bond motifs is 1. The quantitative estimate of drug-likeness (QED) is 0.589. The summed E-state index contributed by atoms with van der Waals surface area (Å²) in [7, 11) is 2.04. The summed E-state index contributed by atoms with van der Waals surface area (Å²) in [6, 6.07) is 4.64. The van der Waals surface area contributed by atoms with Crippen molar-refractivity contribution in [2.75, 3.05) is 20.8 Å². The first-order valence-electron chi connectivity index (χ1n) is 9.31. The fourth-order valence-corrected chi connectivity index (χ4v) is 3.77. The number of rotatable bonds is 4. The summed E-state index contributed by atoms with van der Waals surface area (Å²) in [6.45, 7) is 10.6. The second-order valence-corrected chi connectivity index (χ2v) is 12.5. The largest absolute Gasteiger partial charge is 0.493 e. The van der Waals surface area contributed by atoms with Gasteiger partial charge in [0.05, 0.1) is 20.8 Å². The molecule has 0 saturated heterocycles. The van der Waals surface area contributed by atoms with Crippen LogP contribution in [0, 0.1) is 23.3 Å². The molecule has 1 aliphatic heterocycles. The third kappa shape index (κ3) is 5.56. The highest BCUT2D eigenvalue weighted by atomic mass is 28.3. The summed E-state index contributed by atoms with van der Waals surface area (Å²) in [4.78, 5) is 2.45. The molecule has 1 atom stereocenters. The van der Waals surface area contributed by atoms with Crippen molar-refractivity contribution in [3.05, 3.63) is 23.3 Å². The van der Waals surface area contributed by atoms with E-state index < -0.39 is 8.07 Å². The zero-order chi connectivity index (χ0) is 19.2. The summed E-state index contributed by atoms with van der Waals surface area (Å²) in [5, 5.41) is 0. The molecule has 1 aliphatic rings. The SMILES string of the molecule is CCC#CCN1Cc2cc(OC)c(OC)cc2CC1CC#C[Si](C)(C)C. The van der Waals surface area contributed by atoms with Gasteiger partial charge in [-0.1, -0.05) is 32.5 Å². The molecule has 2 rings (SSSR count). The summed E-state index contributed by atoms with van der Waals surface area (Å²) in [5.74, 6) is 11.6. The molecule has 0 radical (unpaired) electrons. The lowest BCUT2D eigenvalue weighted by Gasteiger charge is -2.35. The van der Waals surface area contributed by atoms with E-state index in [1.54, 1.807) is 14.2 Å². The Morgan fingerprint density at radius 2 is 1.69 bits per heavy atom. The molecular weight excluding hydrogens is 338 g/mol. The summed E-state index contributed by atoms with van der Waals surface area (Å²) < 4.78 is 11.0. The molecule has 0 N–H and O–H groups in total. The van der Waals surface area contributed by atoms with E-state index in [2.05, 4.69) is 66.9 Å². The molecule has 0 bridgehead atoms. The van der Waals surface area contributed by atoms with E-state index in [0.717, 1.165) is 43.9 Å². The highest BCUT2D eigenvalue weighted by Crippen LogP contribution is 2.35. The Hall–Kier alpha value is -1.88. The molecule has 1 unspecified atom stereocenters. The lowest BCUT2D eigenvalue weighted by atomic mass is 9.92. The molecule has 1 aromatic carbocycles. The molecule has 4 heteroatoms. The Morgan fingerprint density at radius 1 is 1.04 bits per heavy atom. The summed E-state index contributed by atoms with van der Waals surface area (Å²) in [6.07, 6.45) is 2.77. The van der Waals surface area contributed by atoms with Gasteiger partial charge >= 0.3 is 0 Å². The minimum absolute atomic E-state index is 0.399. The fraction of sp³-hybridized carbons (Fsp3) is 0.545. The van der Waals surface area contributed by atoms with Gasteiger partial charge in [-0.05, 0) is 29.7 Å². The highest BCUT2D eigenvalue weighted by Gasteiger charge is 2.26. The molecule has 0 amide bonds. The number of benzene rings is 1. The van der Waals surface area contributed by atoms with Crippen LogP contribution in [-0.2, 0) is 13.0 Å². The Labute approximate surface area is 160 Å². The predicted molar refractivity (Wildman–Crippen MR) is 111 cm³/mol. The third-order valence-corrected chi connectivity index (χ3v) is 5.36. The monoisotopic (exact) mass is 369 g/mol. The molecule has 1 aromatic rings. The van der Waals surface area contributed by atoms with Crippen molar-refractivity contribution < 1.29 is 9.47 Å². The maximum absolute atomic E-state index is 5.49. The molecular formula is C22H31NO2Si. The van der Waals surface area contributed by atoms with Crippen molar-refractivity contribution in [3.63, 3.8) is 0 Å². The van der Waals surface area contributed by atoms with E-state index in [4.69, 9.17) is 9.47 Å². The second-order valence-electron chi connectivity index (χ2n) is 7.70. The van der Waals surface area contributed by atoms with Crippen molar-refractivity contribution >= 4 is 8.07 Å². The van der Waals surface area contributed by atoms with Crippen LogP contribution in [0.25, 0.3) is 0 Å². The van der Waals surface area contributed by atoms with Gasteiger partial charge in [-0.2, -0.15) is 0 Å². The molecule has 140 valence electrons. The van der Waals surface area contributed by atoms with Crippen molar-refractivity contribution in [3.8, 4) is 34.8 Å².